The lowest BCUT2D eigenvalue weighted by Crippen LogP contribution is -2.15. The number of carbonyl (C=O) groups excluding carboxylic acids is 1. The van der Waals surface area contributed by atoms with E-state index in [1.165, 1.54) is 23.9 Å². The lowest BCUT2D eigenvalue weighted by Gasteiger charge is -2.05. The van der Waals surface area contributed by atoms with Crippen LogP contribution in [0.3, 0.4) is 0 Å². The van der Waals surface area contributed by atoms with Crippen molar-refractivity contribution >= 4 is 39.3 Å². The molecule has 3 rings (SSSR count). The molecule has 1 amide bonds. The predicted molar refractivity (Wildman–Crippen MR) is 100 cm³/mol. The third kappa shape index (κ3) is 4.67. The number of H-pyrrole nitrogens is 1. The zero-order chi connectivity index (χ0) is 17.8. The fourth-order valence-corrected chi connectivity index (χ4v) is 2.99. The first-order valence-electron chi connectivity index (χ1n) is 7.38. The molecule has 3 aromatic rings. The number of benzene rings is 2. The number of aromatic nitrogens is 3. The Hall–Kier alpha value is -2.19. The van der Waals surface area contributed by atoms with Gasteiger partial charge in [0.2, 0.25) is 11.1 Å². The summed E-state index contributed by atoms with van der Waals surface area (Å²) in [7, 11) is 0. The van der Waals surface area contributed by atoms with Crippen LogP contribution >= 0.6 is 27.7 Å². The number of anilines is 1. The van der Waals surface area contributed by atoms with Gasteiger partial charge in [-0.1, -0.05) is 57.5 Å². The Kier molecular flexibility index (Phi) is 5.50. The minimum Gasteiger partial charge on any atom is -0.323 e. The van der Waals surface area contributed by atoms with Gasteiger partial charge in [-0.3, -0.25) is 9.89 Å². The number of rotatable bonds is 5. The summed E-state index contributed by atoms with van der Waals surface area (Å²) in [6.45, 7) is 2.01. The molecule has 25 heavy (non-hydrogen) atoms. The van der Waals surface area contributed by atoms with Crippen molar-refractivity contribution in [1.29, 1.82) is 0 Å². The van der Waals surface area contributed by atoms with Gasteiger partial charge in [-0.05, 0) is 25.1 Å². The molecule has 0 atom stereocenters. The van der Waals surface area contributed by atoms with E-state index < -0.39 is 5.82 Å². The van der Waals surface area contributed by atoms with Gasteiger partial charge < -0.3 is 5.32 Å². The fourth-order valence-electron chi connectivity index (χ4n) is 2.06. The average Bonchev–Trinajstić information content (AvgIpc) is 3.05. The van der Waals surface area contributed by atoms with E-state index >= 15 is 0 Å². The molecule has 0 aliphatic carbocycles. The van der Waals surface area contributed by atoms with Gasteiger partial charge >= 0.3 is 0 Å². The zero-order valence-corrected chi connectivity index (χ0v) is 15.6. The van der Waals surface area contributed by atoms with E-state index in [0.717, 1.165) is 11.1 Å². The maximum atomic E-state index is 13.7. The van der Waals surface area contributed by atoms with E-state index in [-0.39, 0.29) is 17.3 Å². The van der Waals surface area contributed by atoms with Crippen molar-refractivity contribution in [2.24, 2.45) is 0 Å². The minimum atomic E-state index is -0.493. The fraction of sp³-hybridized carbons (Fsp3) is 0.118. The van der Waals surface area contributed by atoms with Crippen LogP contribution in [0.2, 0.25) is 0 Å². The lowest BCUT2D eigenvalue weighted by atomic mass is 10.1. The Labute approximate surface area is 156 Å². The van der Waals surface area contributed by atoms with Crippen LogP contribution in [-0.4, -0.2) is 26.8 Å². The van der Waals surface area contributed by atoms with Crippen LogP contribution in [0.15, 0.2) is 52.1 Å². The molecule has 0 saturated heterocycles. The molecule has 0 aliphatic heterocycles. The Balaban J connectivity index is 1.58. The number of carbonyl (C=O) groups is 1. The number of aryl methyl sites for hydroxylation is 1. The van der Waals surface area contributed by atoms with Crippen molar-refractivity contribution in [2.45, 2.75) is 12.1 Å². The summed E-state index contributed by atoms with van der Waals surface area (Å²) in [5.41, 5.74) is 2.23. The van der Waals surface area contributed by atoms with Gasteiger partial charge in [-0.15, -0.1) is 5.10 Å². The summed E-state index contributed by atoms with van der Waals surface area (Å²) in [6.07, 6.45) is 0. The van der Waals surface area contributed by atoms with E-state index in [2.05, 4.69) is 36.4 Å². The van der Waals surface area contributed by atoms with Crippen LogP contribution in [0, 0.1) is 12.7 Å². The molecule has 0 fully saturated rings. The monoisotopic (exact) mass is 420 g/mol. The van der Waals surface area contributed by atoms with Crippen LogP contribution < -0.4 is 5.32 Å². The second-order valence-corrected chi connectivity index (χ2v) is 7.15. The van der Waals surface area contributed by atoms with Gasteiger partial charge in [-0.2, -0.15) is 0 Å². The van der Waals surface area contributed by atoms with Crippen molar-refractivity contribution in [1.82, 2.24) is 15.2 Å². The van der Waals surface area contributed by atoms with E-state index in [1.807, 2.05) is 31.2 Å². The highest BCUT2D eigenvalue weighted by atomic mass is 79.9. The van der Waals surface area contributed by atoms with Gasteiger partial charge in [-0.25, -0.2) is 9.37 Å². The van der Waals surface area contributed by atoms with Gasteiger partial charge in [0, 0.05) is 10.0 Å². The normalized spacial score (nSPS) is 10.7. The summed E-state index contributed by atoms with van der Waals surface area (Å²) >= 11 is 4.35. The van der Waals surface area contributed by atoms with Crippen molar-refractivity contribution in [3.63, 3.8) is 0 Å². The van der Waals surface area contributed by atoms with E-state index in [0.29, 0.717) is 15.5 Å². The molecular weight excluding hydrogens is 407 g/mol. The number of amides is 1. The molecule has 2 N–H and O–H groups in total. The molecule has 0 bridgehead atoms. The summed E-state index contributed by atoms with van der Waals surface area (Å²) < 4.78 is 14.3. The second-order valence-electron chi connectivity index (χ2n) is 5.29. The van der Waals surface area contributed by atoms with Crippen LogP contribution in [0.4, 0.5) is 10.1 Å². The van der Waals surface area contributed by atoms with Crippen molar-refractivity contribution in [2.75, 3.05) is 11.1 Å². The molecule has 0 aliphatic rings. The highest BCUT2D eigenvalue weighted by molar-refractivity contribution is 9.10. The molecule has 0 saturated carbocycles. The molecule has 0 radical (unpaired) electrons. The van der Waals surface area contributed by atoms with Gasteiger partial charge in [0.05, 0.1) is 11.4 Å². The predicted octanol–water partition coefficient (Wildman–Crippen LogP) is 4.41. The Morgan fingerprint density at radius 2 is 2.04 bits per heavy atom. The Bertz CT molecular complexity index is 898. The number of aromatic amines is 1. The highest BCUT2D eigenvalue weighted by Gasteiger charge is 2.11. The molecule has 1 heterocycles. The van der Waals surface area contributed by atoms with Crippen molar-refractivity contribution in [3.8, 4) is 11.4 Å². The molecule has 5 nitrogen and oxygen atoms in total. The Morgan fingerprint density at radius 1 is 1.28 bits per heavy atom. The minimum absolute atomic E-state index is 0.0840. The average molecular weight is 421 g/mol. The third-order valence-corrected chi connectivity index (χ3v) is 4.67. The molecular formula is C17H14BrFN4OS. The molecule has 2 aromatic carbocycles. The zero-order valence-electron chi connectivity index (χ0n) is 13.2. The molecule has 128 valence electrons. The Morgan fingerprint density at radius 3 is 2.76 bits per heavy atom. The first-order valence-corrected chi connectivity index (χ1v) is 9.16. The van der Waals surface area contributed by atoms with Crippen LogP contribution in [0.5, 0.6) is 0 Å². The lowest BCUT2D eigenvalue weighted by molar-refractivity contribution is -0.113. The SMILES string of the molecule is Cc1ccc(-c2nc(SCC(=O)Nc3ccc(Br)cc3F)n[nH]2)cc1. The molecule has 0 spiro atoms. The molecule has 0 unspecified atom stereocenters. The van der Waals surface area contributed by atoms with Crippen LogP contribution in [-0.2, 0) is 4.79 Å². The number of halogens is 2. The van der Waals surface area contributed by atoms with Gasteiger partial charge in [0.15, 0.2) is 5.82 Å². The van der Waals surface area contributed by atoms with E-state index in [9.17, 15) is 9.18 Å². The second kappa shape index (κ2) is 7.79. The standard InChI is InChI=1S/C17H14BrFN4OS/c1-10-2-4-11(5-3-10)16-21-17(23-22-16)25-9-15(24)20-14-7-6-12(18)8-13(14)19/h2-8H,9H2,1H3,(H,20,24)(H,21,22,23). The maximum absolute atomic E-state index is 13.7. The number of nitrogens with one attached hydrogen (secondary N) is 2. The third-order valence-electron chi connectivity index (χ3n) is 3.33. The summed E-state index contributed by atoms with van der Waals surface area (Å²) in [5, 5.41) is 9.93. The highest BCUT2D eigenvalue weighted by Crippen LogP contribution is 2.21. The smallest absolute Gasteiger partial charge is 0.234 e. The van der Waals surface area contributed by atoms with Crippen LogP contribution in [0.1, 0.15) is 5.56 Å². The number of hydrogen-bond acceptors (Lipinski definition) is 4. The number of hydrogen-bond donors (Lipinski definition) is 2. The quantitative estimate of drug-likeness (QED) is 0.599. The van der Waals surface area contributed by atoms with E-state index in [1.54, 1.807) is 6.07 Å². The van der Waals surface area contributed by atoms with E-state index in [4.69, 9.17) is 0 Å². The van der Waals surface area contributed by atoms with Gasteiger partial charge in [0.25, 0.3) is 0 Å². The van der Waals surface area contributed by atoms with Crippen molar-refractivity contribution < 1.29 is 9.18 Å². The number of nitrogens with zero attached hydrogens (tertiary/aromatic N) is 2. The maximum Gasteiger partial charge on any atom is 0.234 e. The van der Waals surface area contributed by atoms with Crippen molar-refractivity contribution in [3.05, 3.63) is 58.3 Å². The first-order chi connectivity index (χ1) is 12.0. The first kappa shape index (κ1) is 17.6. The summed E-state index contributed by atoms with van der Waals surface area (Å²) in [5.74, 6) is -0.0946. The summed E-state index contributed by atoms with van der Waals surface area (Å²) in [4.78, 5) is 16.3. The largest absolute Gasteiger partial charge is 0.323 e. The van der Waals surface area contributed by atoms with Gasteiger partial charge in [0.1, 0.15) is 5.82 Å². The van der Waals surface area contributed by atoms with Crippen LogP contribution in [0.25, 0.3) is 11.4 Å². The number of thioether (sulfide) groups is 1. The molecule has 8 heteroatoms. The molecule has 1 aromatic heterocycles. The summed E-state index contributed by atoms with van der Waals surface area (Å²) in [6, 6.07) is 12.3. The topological polar surface area (TPSA) is 70.7 Å².